The van der Waals surface area contributed by atoms with Crippen molar-refractivity contribution in [3.63, 3.8) is 0 Å². The quantitative estimate of drug-likeness (QED) is 0.488. The third kappa shape index (κ3) is 4.81. The van der Waals surface area contributed by atoms with E-state index in [-0.39, 0.29) is 29.8 Å². The molecule has 1 rings (SSSR count). The molecule has 0 saturated heterocycles. The zero-order valence-electron chi connectivity index (χ0n) is 8.92. The second kappa shape index (κ2) is 6.38. The van der Waals surface area contributed by atoms with E-state index in [0.29, 0.717) is 14.9 Å². The summed E-state index contributed by atoms with van der Waals surface area (Å²) in [5.41, 5.74) is 2.03. The van der Waals surface area contributed by atoms with Gasteiger partial charge in [0.1, 0.15) is 0 Å². The Balaban J connectivity index is 2.61. The maximum Gasteiger partial charge on any atom is 0.441 e. The van der Waals surface area contributed by atoms with Crippen LogP contribution in [0.2, 0.25) is 0 Å². The van der Waals surface area contributed by atoms with Crippen LogP contribution in [0.1, 0.15) is 5.56 Å². The largest absolute Gasteiger partial charge is 0.489 e. The van der Waals surface area contributed by atoms with E-state index in [1.807, 2.05) is 28.7 Å². The Morgan fingerprint density at radius 2 is 2.11 bits per heavy atom. The fourth-order valence-electron chi connectivity index (χ4n) is 1.13. The van der Waals surface area contributed by atoms with Gasteiger partial charge in [0.15, 0.2) is 5.75 Å². The van der Waals surface area contributed by atoms with E-state index in [1.165, 1.54) is 6.07 Å². The topological polar surface area (TPSA) is 59.0 Å². The molecule has 2 N–H and O–H groups in total. The van der Waals surface area contributed by atoms with Crippen LogP contribution in [-0.4, -0.2) is 17.9 Å². The Kier molecular flexibility index (Phi) is 5.40. The number of halogens is 4. The number of rotatable bonds is 4. The third-order valence-electron chi connectivity index (χ3n) is 1.80. The monoisotopic (exact) mass is 388 g/mol. The molecule has 0 aromatic heterocycles. The Morgan fingerprint density at radius 1 is 1.44 bits per heavy atom. The van der Waals surface area contributed by atoms with Gasteiger partial charge in [0.25, 0.3) is 0 Å². The first-order valence-electron chi connectivity index (χ1n) is 4.66. The van der Waals surface area contributed by atoms with Crippen LogP contribution in [0.4, 0.5) is 18.9 Å². The van der Waals surface area contributed by atoms with Crippen molar-refractivity contribution >= 4 is 40.0 Å². The number of hydrogen-bond donors (Lipinski definition) is 1. The smallest absolute Gasteiger partial charge is 0.441 e. The van der Waals surface area contributed by atoms with Gasteiger partial charge in [0.05, 0.1) is 27.5 Å². The van der Waals surface area contributed by atoms with Crippen LogP contribution in [-0.2, 0) is 0 Å². The summed E-state index contributed by atoms with van der Waals surface area (Å²) < 4.78 is 41.4. The molecule has 8 heteroatoms. The van der Waals surface area contributed by atoms with Crippen LogP contribution in [0.15, 0.2) is 12.1 Å². The average Bonchev–Trinajstić information content (AvgIpc) is 2.25. The van der Waals surface area contributed by atoms with E-state index in [0.717, 1.165) is 0 Å². The molecule has 18 heavy (non-hydrogen) atoms. The zero-order valence-corrected chi connectivity index (χ0v) is 11.9. The lowest BCUT2D eigenvalue weighted by molar-refractivity contribution is -0.0329. The lowest BCUT2D eigenvalue weighted by Gasteiger charge is -2.11. The summed E-state index contributed by atoms with van der Waals surface area (Å²) in [7, 11) is 0. The van der Waals surface area contributed by atoms with Crippen LogP contribution in [0, 0.1) is 14.9 Å². The van der Waals surface area contributed by atoms with Crippen molar-refractivity contribution in [3.05, 3.63) is 21.3 Å². The minimum absolute atomic E-state index is 0.101. The van der Waals surface area contributed by atoms with Crippen molar-refractivity contribution < 1.29 is 17.9 Å². The molecule has 0 heterocycles. The number of ether oxygens (including phenoxy) is 1. The SMILES string of the molecule is N#Cc1cc(N)c(OCCSC(F)(F)F)c(I)c1. The maximum atomic E-state index is 11.9. The molecule has 3 nitrogen and oxygen atoms in total. The summed E-state index contributed by atoms with van der Waals surface area (Å²) in [6, 6.07) is 4.91. The summed E-state index contributed by atoms with van der Waals surface area (Å²) in [4.78, 5) is 0. The molecule has 0 atom stereocenters. The van der Waals surface area contributed by atoms with Gasteiger partial charge < -0.3 is 10.5 Å². The molecule has 0 saturated carbocycles. The summed E-state index contributed by atoms with van der Waals surface area (Å²) >= 11 is 1.77. The molecule has 0 fully saturated rings. The van der Waals surface area contributed by atoms with Crippen molar-refractivity contribution in [1.82, 2.24) is 0 Å². The van der Waals surface area contributed by atoms with Gasteiger partial charge in [-0.15, -0.1) is 0 Å². The van der Waals surface area contributed by atoms with Gasteiger partial charge in [0, 0.05) is 5.75 Å². The molecule has 1 aromatic carbocycles. The number of nitrogen functional groups attached to an aromatic ring is 1. The fraction of sp³-hybridized carbons (Fsp3) is 0.300. The van der Waals surface area contributed by atoms with Gasteiger partial charge in [-0.25, -0.2) is 0 Å². The first-order valence-corrected chi connectivity index (χ1v) is 6.72. The minimum Gasteiger partial charge on any atom is -0.489 e. The number of alkyl halides is 3. The Bertz CT molecular complexity index is 450. The highest BCUT2D eigenvalue weighted by Crippen LogP contribution is 2.32. The second-order valence-electron chi connectivity index (χ2n) is 3.13. The van der Waals surface area contributed by atoms with E-state index < -0.39 is 5.51 Å². The highest BCUT2D eigenvalue weighted by molar-refractivity contribution is 14.1. The van der Waals surface area contributed by atoms with Crippen molar-refractivity contribution in [2.24, 2.45) is 0 Å². The number of hydrogen-bond acceptors (Lipinski definition) is 4. The Hall–Kier alpha value is -0.820. The number of nitriles is 1. The number of thioether (sulfide) groups is 1. The summed E-state index contributed by atoms with van der Waals surface area (Å²) in [6.45, 7) is -0.101. The molecule has 1 aromatic rings. The number of nitrogens with two attached hydrogens (primary N) is 1. The molecule has 0 bridgehead atoms. The van der Waals surface area contributed by atoms with Gasteiger partial charge >= 0.3 is 5.51 Å². The maximum absolute atomic E-state index is 11.9. The zero-order chi connectivity index (χ0) is 13.8. The van der Waals surface area contributed by atoms with Crippen LogP contribution in [0.5, 0.6) is 5.75 Å². The van der Waals surface area contributed by atoms with E-state index in [4.69, 9.17) is 15.7 Å². The van der Waals surface area contributed by atoms with Crippen LogP contribution in [0.3, 0.4) is 0 Å². The Labute approximate surface area is 120 Å². The average molecular weight is 388 g/mol. The number of anilines is 1. The molecular weight excluding hydrogens is 380 g/mol. The fourth-order valence-corrected chi connectivity index (χ4v) is 2.33. The van der Waals surface area contributed by atoms with Gasteiger partial charge in [-0.05, 0) is 46.5 Å². The summed E-state index contributed by atoms with van der Waals surface area (Å²) in [6.07, 6.45) is 0. The standard InChI is InChI=1S/C10H8F3IN2OS/c11-10(12,13)18-2-1-17-9-7(14)3-6(5-15)4-8(9)16/h3-4H,1-2,16H2. The molecule has 0 aliphatic heterocycles. The second-order valence-corrected chi connectivity index (χ2v) is 5.45. The van der Waals surface area contributed by atoms with Crippen molar-refractivity contribution in [3.8, 4) is 11.8 Å². The van der Waals surface area contributed by atoms with E-state index in [1.54, 1.807) is 6.07 Å². The third-order valence-corrected chi connectivity index (χ3v) is 3.30. The number of benzene rings is 1. The van der Waals surface area contributed by atoms with Gasteiger partial charge in [-0.3, -0.25) is 0 Å². The van der Waals surface area contributed by atoms with E-state index in [2.05, 4.69) is 0 Å². The molecule has 98 valence electrons. The highest BCUT2D eigenvalue weighted by atomic mass is 127. The van der Waals surface area contributed by atoms with Crippen LogP contribution >= 0.6 is 34.4 Å². The summed E-state index contributed by atoms with van der Waals surface area (Å²) in [5.74, 6) is 0.108. The van der Waals surface area contributed by atoms with Crippen molar-refractivity contribution in [2.45, 2.75) is 5.51 Å². The summed E-state index contributed by atoms with van der Waals surface area (Å²) in [5, 5.41) is 8.70. The molecular formula is C10H8F3IN2OS. The first kappa shape index (κ1) is 15.2. The lowest BCUT2D eigenvalue weighted by atomic mass is 10.2. The minimum atomic E-state index is -4.26. The van der Waals surface area contributed by atoms with Crippen LogP contribution in [0.25, 0.3) is 0 Å². The van der Waals surface area contributed by atoms with Crippen molar-refractivity contribution in [1.29, 1.82) is 5.26 Å². The molecule has 0 aliphatic rings. The first-order chi connectivity index (χ1) is 8.33. The molecule has 0 spiro atoms. The van der Waals surface area contributed by atoms with Crippen LogP contribution < -0.4 is 10.5 Å². The normalized spacial score (nSPS) is 11.1. The molecule has 0 unspecified atom stereocenters. The van der Waals surface area contributed by atoms with Crippen molar-refractivity contribution in [2.75, 3.05) is 18.1 Å². The lowest BCUT2D eigenvalue weighted by Crippen LogP contribution is -2.09. The molecule has 0 amide bonds. The molecule has 0 aliphatic carbocycles. The number of nitrogens with zero attached hydrogens (tertiary/aromatic N) is 1. The van der Waals surface area contributed by atoms with E-state index in [9.17, 15) is 13.2 Å². The van der Waals surface area contributed by atoms with Gasteiger partial charge in [-0.2, -0.15) is 18.4 Å². The van der Waals surface area contributed by atoms with Gasteiger partial charge in [0.2, 0.25) is 0 Å². The van der Waals surface area contributed by atoms with E-state index >= 15 is 0 Å². The highest BCUT2D eigenvalue weighted by Gasteiger charge is 2.27. The molecule has 0 radical (unpaired) electrons. The van der Waals surface area contributed by atoms with Gasteiger partial charge in [-0.1, -0.05) is 0 Å². The predicted molar refractivity (Wildman–Crippen MR) is 72.3 cm³/mol. The Morgan fingerprint density at radius 3 is 2.61 bits per heavy atom. The predicted octanol–water partition coefficient (Wildman–Crippen LogP) is 3.38.